The molecule has 0 bridgehead atoms. The SMILES string of the molecule is CC(C)(C)[C@H](NC(=O)OC1CCCC1)C(=O)O.COC(=O)[C@@H]1C[C@H](O)CN1C(=O)OC(C)(C)C.COC(=O)[C@@H]1C[C@H](OS(=O)(=O)c2ccc(Br)cc2)CN1C(=O)OC(C)(C)C.COC(=O)[C@@H]1C[C@H](OS(=O)(=O)c2ccc(Br)cc2)CN1C(O)[C@@H](NC(O)OC1CCCC1)C(C)(C)C.[B][B]B([B])[B].[B][B]B([B][B])B([B][B])[B][B]. The number of nitrogens with zero attached hydrogens (tertiary/aromatic N) is 3. The number of β-amino-alcohol motifs (C(OH)–C–C–N with tert-alkyl or cyclic N) is 1. The topological polar surface area (TPSA) is 386 Å². The van der Waals surface area contributed by atoms with E-state index in [1.54, 1.807) is 86.6 Å². The fourth-order valence-corrected chi connectivity index (χ4v) is 14.3. The van der Waals surface area contributed by atoms with Crippen molar-refractivity contribution >= 4 is 203 Å². The number of carbonyl (C=O) groups is 7. The van der Waals surface area contributed by atoms with Gasteiger partial charge >= 0.3 is 42.2 Å². The maximum Gasteiger partial charge on any atom is 0.411 e. The molecule has 19 radical (unpaired) electrons. The zero-order chi connectivity index (χ0) is 85.6. The Bertz CT molecular complexity index is 3470. The molecule has 2 saturated carbocycles. The van der Waals surface area contributed by atoms with Crippen molar-refractivity contribution in [2.24, 2.45) is 10.8 Å². The number of halogens is 2. The quantitative estimate of drug-likeness (QED) is 0.0288. The molecule has 0 aromatic heterocycles. The second-order valence-electron chi connectivity index (χ2n) is 30.8. The molecule has 595 valence electrons. The maximum atomic E-state index is 12.8. The van der Waals surface area contributed by atoms with Crippen molar-refractivity contribution < 1.29 is 112 Å². The number of hydrogen-bond donors (Lipinski definition) is 6. The summed E-state index contributed by atoms with van der Waals surface area (Å²) in [6, 6.07) is 7.65. The molecule has 0 spiro atoms. The van der Waals surface area contributed by atoms with Crippen LogP contribution in [0.4, 0.5) is 14.4 Å². The molecule has 48 heteroatoms. The predicted octanol–water partition coefficient (Wildman–Crippen LogP) is 2.01. The Morgan fingerprint density at radius 3 is 1.27 bits per heavy atom. The van der Waals surface area contributed by atoms with Gasteiger partial charge in [0.05, 0.1) is 74.7 Å². The van der Waals surface area contributed by atoms with E-state index in [2.05, 4.69) is 47.2 Å². The molecule has 3 amide bonds. The van der Waals surface area contributed by atoms with Gasteiger partial charge in [-0.15, -0.1) is 0 Å². The van der Waals surface area contributed by atoms with E-state index in [1.165, 1.54) is 90.7 Å². The van der Waals surface area contributed by atoms with E-state index in [9.17, 15) is 65.7 Å². The second kappa shape index (κ2) is 48.5. The zero-order valence-corrected chi connectivity index (χ0v) is 71.3. The molecule has 5 aliphatic rings. The normalized spacial score (nSPS) is 20.4. The smallest absolute Gasteiger partial charge is 0.411 e. The summed E-state index contributed by atoms with van der Waals surface area (Å²) in [4.78, 5) is 86.7. The molecule has 5 fully saturated rings. The molecule has 6 N–H and O–H groups in total. The number of hydrogen-bond acceptors (Lipinski definition) is 25. The van der Waals surface area contributed by atoms with Crippen LogP contribution in [0.2, 0.25) is 0 Å². The van der Waals surface area contributed by atoms with Crippen LogP contribution < -0.4 is 10.6 Å². The van der Waals surface area contributed by atoms with Gasteiger partial charge in [-0.1, -0.05) is 86.2 Å². The lowest BCUT2D eigenvalue weighted by Crippen LogP contribution is -2.60. The van der Waals surface area contributed by atoms with Crippen molar-refractivity contribution in [2.75, 3.05) is 41.0 Å². The molecule has 2 aromatic carbocycles. The zero-order valence-electron chi connectivity index (χ0n) is 66.5. The molecule has 7 rings (SSSR count). The number of carbonyl (C=O) groups excluding carboxylic acids is 6. The number of alkyl carbamates (subject to hydrolysis) is 1. The van der Waals surface area contributed by atoms with E-state index in [-0.39, 0.29) is 73.7 Å². The summed E-state index contributed by atoms with van der Waals surface area (Å²) in [7, 11) is 38.1. The second-order valence-corrected chi connectivity index (χ2v) is 35.8. The Morgan fingerprint density at radius 1 is 0.545 bits per heavy atom. The first kappa shape index (κ1) is 104. The van der Waals surface area contributed by atoms with Gasteiger partial charge in [-0.2, -0.15) is 16.8 Å². The van der Waals surface area contributed by atoms with Crippen LogP contribution in [0, 0.1) is 10.8 Å². The summed E-state index contributed by atoms with van der Waals surface area (Å²) in [5.41, 5.74) is -2.51. The molecule has 3 aliphatic heterocycles. The van der Waals surface area contributed by atoms with Crippen LogP contribution in [-0.2, 0) is 80.9 Å². The van der Waals surface area contributed by atoms with Crippen molar-refractivity contribution in [2.45, 2.75) is 248 Å². The fraction of sp³-hybridized carbons (Fsp3) is 0.703. The molecular weight excluding hydrogens is 1610 g/mol. The fourth-order valence-electron chi connectivity index (χ4n) is 11.6. The number of ether oxygens (including phenoxy) is 7. The van der Waals surface area contributed by atoms with E-state index < -0.39 is 152 Å². The highest BCUT2D eigenvalue weighted by Gasteiger charge is 2.49. The average molecular weight is 1710 g/mol. The van der Waals surface area contributed by atoms with Gasteiger partial charge in [-0.05, 0) is 139 Å². The molecule has 3 saturated heterocycles. The van der Waals surface area contributed by atoms with Crippen molar-refractivity contribution in [3.63, 3.8) is 0 Å². The Morgan fingerprint density at radius 2 is 0.911 bits per heavy atom. The summed E-state index contributed by atoms with van der Waals surface area (Å²) in [6.07, 6.45) is 0.123. The van der Waals surface area contributed by atoms with Crippen molar-refractivity contribution in [1.82, 2.24) is 25.3 Å². The third kappa shape index (κ3) is 36.7. The number of nitrogens with one attached hydrogen (secondary N) is 2. The summed E-state index contributed by atoms with van der Waals surface area (Å²) in [5, 5.41) is 45.9. The number of benzene rings is 2. The number of methoxy groups -OCH3 is 3. The standard InChI is InChI=1S/C24H37BrN2O8S.C17H22BrNO7S.C12H21NO4.C11H19NO5.B10.B5/c1-24(2,3)20(26-23(30)34-16-7-5-6-8-16)21(28)27-14-17(13-19(27)22(29)33-4)35-36(31,32)18-11-9-15(25)10-12-18;1-17(2,3)25-16(21)19-10-12(9-14(19)15(20)24-4)26-27(22,23)13-7-5-11(18)6-8-13;1-12(2,3)9(10(14)15)13-11(16)17-8-6-4-5-7-8;1-11(2,3)17-10(15)12-6-7(13)5-8(12)9(14)16-4;1-5-9(6-2)10(7-3)8-4;1-4-5(2)3/h9-12,16-17,19-21,23,26,28,30H,5-8,13-14H2,1-4H3;5-8,12,14H,9-10H2,1-4H3;8-9H,4-7H2,1-3H3,(H,13,16)(H,14,15);7-8,13H,5-6H2,1-4H3;;/t17-,19-,20+,21?,23?;12-,14-;9-;7-,8-;;/m0010../s1. The third-order valence-electron chi connectivity index (χ3n) is 17.3. The number of rotatable bonds is 24. The number of aliphatic hydroxyl groups is 3. The van der Waals surface area contributed by atoms with Gasteiger partial charge in [0.15, 0.2) is 0 Å². The summed E-state index contributed by atoms with van der Waals surface area (Å²) >= 11 is 6.51. The van der Waals surface area contributed by atoms with E-state index in [1.807, 2.05) is 20.8 Å². The molecule has 2 aromatic rings. The lowest BCUT2D eigenvalue weighted by Gasteiger charge is -2.41. The lowest BCUT2D eigenvalue weighted by atomic mass is 8.64. The summed E-state index contributed by atoms with van der Waals surface area (Å²) in [6.45, 7) is 21.2. The van der Waals surface area contributed by atoms with Gasteiger partial charge in [0.2, 0.25) is 6.41 Å². The van der Waals surface area contributed by atoms with Crippen LogP contribution in [-0.4, -0.2) is 328 Å². The van der Waals surface area contributed by atoms with Crippen LogP contribution in [0.3, 0.4) is 0 Å². The van der Waals surface area contributed by atoms with Gasteiger partial charge in [0.1, 0.15) is 47.7 Å². The van der Waals surface area contributed by atoms with Crippen LogP contribution in [0.15, 0.2) is 67.3 Å². The van der Waals surface area contributed by atoms with Crippen LogP contribution in [0.5, 0.6) is 0 Å². The van der Waals surface area contributed by atoms with Crippen LogP contribution >= 0.6 is 31.9 Å². The van der Waals surface area contributed by atoms with E-state index >= 15 is 0 Å². The highest BCUT2D eigenvalue weighted by atomic mass is 79.9. The molecule has 2 aliphatic carbocycles. The van der Waals surface area contributed by atoms with Crippen molar-refractivity contribution in [3.8, 4) is 0 Å². The Hall–Kier alpha value is -4.36. The molecule has 3 heterocycles. The number of likely N-dealkylation sites (tertiary alicyclic amines) is 3. The Labute approximate surface area is 693 Å². The van der Waals surface area contributed by atoms with E-state index in [4.69, 9.17) is 96.1 Å². The van der Waals surface area contributed by atoms with E-state index in [0.717, 1.165) is 65.2 Å². The van der Waals surface area contributed by atoms with E-state index in [0.29, 0.717) is 0 Å². The number of esters is 3. The minimum atomic E-state index is -4.10. The first-order chi connectivity index (χ1) is 51.8. The summed E-state index contributed by atoms with van der Waals surface area (Å²) < 4.78 is 98.3. The first-order valence-corrected chi connectivity index (χ1v) is 40.5. The maximum absolute atomic E-state index is 12.8. The Balaban J connectivity index is 0.000000495. The van der Waals surface area contributed by atoms with Gasteiger partial charge in [-0.3, -0.25) is 33.2 Å². The monoisotopic (exact) mass is 1710 g/mol. The predicted molar refractivity (Wildman–Crippen MR) is 443 cm³/mol. The molecule has 10 atom stereocenters. The lowest BCUT2D eigenvalue weighted by molar-refractivity contribution is -0.179. The van der Waals surface area contributed by atoms with Crippen molar-refractivity contribution in [3.05, 3.63) is 57.5 Å². The number of aliphatic carboxylic acids is 1. The van der Waals surface area contributed by atoms with Gasteiger partial charge in [0.25, 0.3) is 20.2 Å². The Kier molecular flexibility index (Phi) is 44.9. The highest BCUT2D eigenvalue weighted by Crippen LogP contribution is 2.34. The molecule has 112 heavy (non-hydrogen) atoms. The first-order valence-electron chi connectivity index (χ1n) is 36.1. The number of carboxylic acids is 1. The van der Waals surface area contributed by atoms with Gasteiger partial charge in [0, 0.05) is 143 Å². The van der Waals surface area contributed by atoms with Crippen molar-refractivity contribution in [1.29, 1.82) is 0 Å². The van der Waals surface area contributed by atoms with Crippen LogP contribution in [0.1, 0.15) is 154 Å². The average Bonchev–Trinajstić information content (AvgIpc) is 1.63. The molecule has 2 unspecified atom stereocenters. The minimum absolute atomic E-state index is 0.0114. The third-order valence-corrected chi connectivity index (χ3v) is 21.1. The number of aliphatic hydroxyl groups excluding tert-OH is 3. The van der Waals surface area contributed by atoms with Crippen LogP contribution in [0.25, 0.3) is 0 Å². The highest BCUT2D eigenvalue weighted by molar-refractivity contribution is 9.10. The van der Waals surface area contributed by atoms with Gasteiger partial charge < -0.3 is 58.9 Å². The summed E-state index contributed by atoms with van der Waals surface area (Å²) in [5.74, 6) is -2.85. The van der Waals surface area contributed by atoms with Gasteiger partial charge in [-0.25, -0.2) is 28.8 Å². The number of carboxylic acid groups (broad SMARTS) is 1. The molecular formula is C64H99B15Br2N5O24S2. The molecule has 29 nitrogen and oxygen atoms in total. The minimum Gasteiger partial charge on any atom is -0.480 e. The largest absolute Gasteiger partial charge is 0.480 e. The number of amides is 3.